The Balaban J connectivity index is 2.03. The van der Waals surface area contributed by atoms with Crippen LogP contribution < -0.4 is 4.90 Å². The van der Waals surface area contributed by atoms with Crippen LogP contribution in [-0.4, -0.2) is 29.1 Å². The van der Waals surface area contributed by atoms with Crippen LogP contribution in [0.4, 0.5) is 5.69 Å². The van der Waals surface area contributed by atoms with Crippen molar-refractivity contribution in [3.05, 3.63) is 36.0 Å². The van der Waals surface area contributed by atoms with Gasteiger partial charge in [0.25, 0.3) is 0 Å². The Hall–Kier alpha value is -2.10. The SMILES string of the molecule is CN(c1cc(CC(=O)O)nc2ccccc12)C1CCCCC1. The third-order valence-corrected chi connectivity index (χ3v) is 4.58. The summed E-state index contributed by atoms with van der Waals surface area (Å²) in [6.45, 7) is 0. The zero-order chi connectivity index (χ0) is 15.5. The fraction of sp³-hybridized carbons (Fsp3) is 0.444. The van der Waals surface area contributed by atoms with Crippen molar-refractivity contribution < 1.29 is 9.90 Å². The van der Waals surface area contributed by atoms with Gasteiger partial charge in [0.05, 0.1) is 17.6 Å². The van der Waals surface area contributed by atoms with Crippen molar-refractivity contribution in [3.8, 4) is 0 Å². The number of hydrogen-bond donors (Lipinski definition) is 1. The van der Waals surface area contributed by atoms with E-state index in [-0.39, 0.29) is 6.42 Å². The number of carbonyl (C=O) groups is 1. The van der Waals surface area contributed by atoms with E-state index >= 15 is 0 Å². The predicted octanol–water partition coefficient (Wildman–Crippen LogP) is 3.63. The molecule has 0 saturated heterocycles. The molecule has 1 N–H and O–H groups in total. The van der Waals surface area contributed by atoms with Crippen LogP contribution in [0.15, 0.2) is 30.3 Å². The topological polar surface area (TPSA) is 53.4 Å². The van der Waals surface area contributed by atoms with Crippen LogP contribution in [-0.2, 0) is 11.2 Å². The van der Waals surface area contributed by atoms with Crippen LogP contribution in [0.5, 0.6) is 0 Å². The molecule has 1 aromatic carbocycles. The third kappa shape index (κ3) is 3.06. The molecule has 1 aromatic heterocycles. The van der Waals surface area contributed by atoms with Gasteiger partial charge in [0, 0.05) is 24.2 Å². The summed E-state index contributed by atoms with van der Waals surface area (Å²) in [5.41, 5.74) is 2.61. The number of pyridine rings is 1. The number of aromatic nitrogens is 1. The molecule has 0 radical (unpaired) electrons. The molecular weight excluding hydrogens is 276 g/mol. The molecule has 4 heteroatoms. The number of fused-ring (bicyclic) bond motifs is 1. The number of hydrogen-bond acceptors (Lipinski definition) is 3. The first kappa shape index (κ1) is 14.8. The first-order valence-corrected chi connectivity index (χ1v) is 7.98. The number of para-hydroxylation sites is 1. The van der Waals surface area contributed by atoms with Crippen LogP contribution in [0.1, 0.15) is 37.8 Å². The van der Waals surface area contributed by atoms with E-state index in [2.05, 4.69) is 23.0 Å². The lowest BCUT2D eigenvalue weighted by atomic mass is 9.94. The number of anilines is 1. The molecule has 3 rings (SSSR count). The normalized spacial score (nSPS) is 15.9. The monoisotopic (exact) mass is 298 g/mol. The second kappa shape index (κ2) is 6.34. The molecule has 0 amide bonds. The second-order valence-corrected chi connectivity index (χ2v) is 6.12. The van der Waals surface area contributed by atoms with Crippen molar-refractivity contribution >= 4 is 22.6 Å². The summed E-state index contributed by atoms with van der Waals surface area (Å²) in [4.78, 5) is 17.9. The highest BCUT2D eigenvalue weighted by atomic mass is 16.4. The molecule has 1 saturated carbocycles. The van der Waals surface area contributed by atoms with E-state index in [9.17, 15) is 4.79 Å². The minimum atomic E-state index is -0.839. The van der Waals surface area contributed by atoms with E-state index in [1.54, 1.807) is 0 Å². The van der Waals surface area contributed by atoms with Gasteiger partial charge in [-0.25, -0.2) is 0 Å². The second-order valence-electron chi connectivity index (χ2n) is 6.12. The molecule has 0 bridgehead atoms. The van der Waals surface area contributed by atoms with Crippen molar-refractivity contribution in [2.24, 2.45) is 0 Å². The molecule has 4 nitrogen and oxygen atoms in total. The molecule has 0 unspecified atom stereocenters. The first-order valence-electron chi connectivity index (χ1n) is 7.98. The summed E-state index contributed by atoms with van der Waals surface area (Å²) < 4.78 is 0. The number of rotatable bonds is 4. The number of nitrogens with zero attached hydrogens (tertiary/aromatic N) is 2. The minimum Gasteiger partial charge on any atom is -0.481 e. The average Bonchev–Trinajstić information content (AvgIpc) is 2.53. The number of carboxylic acids is 1. The van der Waals surface area contributed by atoms with Crippen LogP contribution in [0.2, 0.25) is 0 Å². The van der Waals surface area contributed by atoms with E-state index in [1.807, 2.05) is 24.3 Å². The summed E-state index contributed by atoms with van der Waals surface area (Å²) in [5, 5.41) is 10.2. The van der Waals surface area contributed by atoms with E-state index in [1.165, 1.54) is 32.1 Å². The fourth-order valence-corrected chi connectivity index (χ4v) is 3.41. The van der Waals surface area contributed by atoms with Crippen LogP contribution in [0, 0.1) is 0 Å². The number of aliphatic carboxylic acids is 1. The molecule has 116 valence electrons. The van der Waals surface area contributed by atoms with Gasteiger partial charge in [-0.1, -0.05) is 37.5 Å². The van der Waals surface area contributed by atoms with Crippen molar-refractivity contribution in [1.29, 1.82) is 0 Å². The summed E-state index contributed by atoms with van der Waals surface area (Å²) >= 11 is 0. The maximum Gasteiger partial charge on any atom is 0.309 e. The molecule has 0 atom stereocenters. The molecule has 1 fully saturated rings. The summed E-state index contributed by atoms with van der Waals surface area (Å²) in [7, 11) is 2.13. The van der Waals surface area contributed by atoms with Gasteiger partial charge in [0.2, 0.25) is 0 Å². The van der Waals surface area contributed by atoms with Crippen molar-refractivity contribution in [2.45, 2.75) is 44.6 Å². The number of carboxylic acid groups (broad SMARTS) is 1. The molecule has 0 spiro atoms. The van der Waals surface area contributed by atoms with Gasteiger partial charge < -0.3 is 10.0 Å². The van der Waals surface area contributed by atoms with Gasteiger partial charge in [-0.05, 0) is 25.0 Å². The van der Waals surface area contributed by atoms with Gasteiger partial charge in [-0.2, -0.15) is 0 Å². The lowest BCUT2D eigenvalue weighted by Crippen LogP contribution is -2.33. The molecule has 22 heavy (non-hydrogen) atoms. The zero-order valence-corrected chi connectivity index (χ0v) is 13.0. The van der Waals surface area contributed by atoms with Gasteiger partial charge in [-0.15, -0.1) is 0 Å². The van der Waals surface area contributed by atoms with Gasteiger partial charge in [0.1, 0.15) is 0 Å². The summed E-state index contributed by atoms with van der Waals surface area (Å²) in [6.07, 6.45) is 6.27. The smallest absolute Gasteiger partial charge is 0.309 e. The summed E-state index contributed by atoms with van der Waals surface area (Å²) in [6, 6.07) is 10.5. The average molecular weight is 298 g/mol. The first-order chi connectivity index (χ1) is 10.6. The molecule has 2 aromatic rings. The lowest BCUT2D eigenvalue weighted by molar-refractivity contribution is -0.136. The molecule has 1 aliphatic carbocycles. The Kier molecular flexibility index (Phi) is 4.27. The van der Waals surface area contributed by atoms with E-state index < -0.39 is 5.97 Å². The quantitative estimate of drug-likeness (QED) is 0.936. The van der Waals surface area contributed by atoms with Gasteiger partial charge in [0.15, 0.2) is 0 Å². The Bertz CT molecular complexity index is 678. The van der Waals surface area contributed by atoms with Crippen LogP contribution in [0.3, 0.4) is 0 Å². The van der Waals surface area contributed by atoms with E-state index in [0.29, 0.717) is 11.7 Å². The molecule has 0 aliphatic heterocycles. The zero-order valence-electron chi connectivity index (χ0n) is 13.0. The minimum absolute atomic E-state index is 0.0314. The third-order valence-electron chi connectivity index (χ3n) is 4.58. The van der Waals surface area contributed by atoms with Crippen LogP contribution >= 0.6 is 0 Å². The van der Waals surface area contributed by atoms with Crippen molar-refractivity contribution in [1.82, 2.24) is 4.98 Å². The molecular formula is C18H22N2O2. The number of benzene rings is 1. The van der Waals surface area contributed by atoms with Crippen LogP contribution in [0.25, 0.3) is 10.9 Å². The maximum absolute atomic E-state index is 11.0. The van der Waals surface area contributed by atoms with Crippen molar-refractivity contribution in [3.63, 3.8) is 0 Å². The standard InChI is InChI=1S/C18H22N2O2/c1-20(14-7-3-2-4-8-14)17-11-13(12-18(21)22)19-16-10-6-5-9-15(16)17/h5-6,9-11,14H,2-4,7-8,12H2,1H3,(H,21,22). The Morgan fingerprint density at radius 1 is 1.27 bits per heavy atom. The largest absolute Gasteiger partial charge is 0.481 e. The van der Waals surface area contributed by atoms with E-state index in [4.69, 9.17) is 5.11 Å². The highest BCUT2D eigenvalue weighted by Crippen LogP contribution is 2.31. The Morgan fingerprint density at radius 3 is 2.73 bits per heavy atom. The van der Waals surface area contributed by atoms with Crippen molar-refractivity contribution in [2.75, 3.05) is 11.9 Å². The molecule has 1 aliphatic rings. The maximum atomic E-state index is 11.0. The highest BCUT2D eigenvalue weighted by Gasteiger charge is 2.20. The Morgan fingerprint density at radius 2 is 2.00 bits per heavy atom. The molecule has 1 heterocycles. The summed E-state index contributed by atoms with van der Waals surface area (Å²) in [5.74, 6) is -0.839. The van der Waals surface area contributed by atoms with Gasteiger partial charge in [-0.3, -0.25) is 9.78 Å². The van der Waals surface area contributed by atoms with E-state index in [0.717, 1.165) is 16.6 Å². The Labute approximate surface area is 130 Å². The predicted molar refractivity (Wildman–Crippen MR) is 88.4 cm³/mol. The lowest BCUT2D eigenvalue weighted by Gasteiger charge is -2.33. The van der Waals surface area contributed by atoms with Gasteiger partial charge >= 0.3 is 5.97 Å². The highest BCUT2D eigenvalue weighted by molar-refractivity contribution is 5.92. The fourth-order valence-electron chi connectivity index (χ4n) is 3.41.